The van der Waals surface area contributed by atoms with Crippen LogP contribution in [0.4, 0.5) is 5.95 Å². The molecule has 1 aliphatic carbocycles. The first-order valence-corrected chi connectivity index (χ1v) is 6.39. The molecule has 2 aliphatic rings. The highest BCUT2D eigenvalue weighted by atomic mass is 16.2. The van der Waals surface area contributed by atoms with Crippen molar-refractivity contribution in [3.05, 3.63) is 17.5 Å². The fraction of sp³-hybridized carbons (Fsp3) is 0.538. The lowest BCUT2D eigenvalue weighted by Gasteiger charge is -2.16. The molecule has 94 valence electrons. The van der Waals surface area contributed by atoms with Crippen molar-refractivity contribution in [3.63, 3.8) is 0 Å². The van der Waals surface area contributed by atoms with E-state index in [1.807, 2.05) is 19.9 Å². The summed E-state index contributed by atoms with van der Waals surface area (Å²) in [5.41, 5.74) is 2.73. The average molecular weight is 244 g/mol. The number of nitrogens with zero attached hydrogens (tertiary/aromatic N) is 4. The number of rotatable bonds is 1. The van der Waals surface area contributed by atoms with E-state index >= 15 is 0 Å². The van der Waals surface area contributed by atoms with Crippen molar-refractivity contribution in [2.75, 3.05) is 5.01 Å². The summed E-state index contributed by atoms with van der Waals surface area (Å²) >= 11 is 0. The predicted molar refractivity (Wildman–Crippen MR) is 68.4 cm³/mol. The van der Waals surface area contributed by atoms with Crippen molar-refractivity contribution in [1.82, 2.24) is 9.97 Å². The highest BCUT2D eigenvalue weighted by molar-refractivity contribution is 6.15. The van der Waals surface area contributed by atoms with Gasteiger partial charge < -0.3 is 0 Å². The molecule has 1 aliphatic heterocycles. The lowest BCUT2D eigenvalue weighted by molar-refractivity contribution is -0.120. The van der Waals surface area contributed by atoms with Gasteiger partial charge in [-0.25, -0.2) is 9.97 Å². The molecule has 1 aromatic heterocycles. The first-order valence-electron chi connectivity index (χ1n) is 6.39. The van der Waals surface area contributed by atoms with Gasteiger partial charge in [0.05, 0.1) is 11.6 Å². The number of aryl methyl sites for hydroxylation is 2. The van der Waals surface area contributed by atoms with Crippen LogP contribution < -0.4 is 5.01 Å². The number of fused-ring (bicyclic) bond motifs is 1. The van der Waals surface area contributed by atoms with Crippen LogP contribution in [0, 0.1) is 19.8 Å². The summed E-state index contributed by atoms with van der Waals surface area (Å²) in [6.45, 7) is 3.80. The van der Waals surface area contributed by atoms with Gasteiger partial charge >= 0.3 is 0 Å². The summed E-state index contributed by atoms with van der Waals surface area (Å²) in [7, 11) is 0. The molecule has 0 radical (unpaired) electrons. The average Bonchev–Trinajstić information content (AvgIpc) is 2.66. The van der Waals surface area contributed by atoms with Gasteiger partial charge in [0.25, 0.3) is 11.9 Å². The Bertz CT molecular complexity index is 518. The van der Waals surface area contributed by atoms with Gasteiger partial charge in [0, 0.05) is 11.4 Å². The molecule has 1 aromatic rings. The van der Waals surface area contributed by atoms with E-state index < -0.39 is 0 Å². The molecule has 2 heterocycles. The Labute approximate surface area is 106 Å². The molecule has 0 unspecified atom stereocenters. The summed E-state index contributed by atoms with van der Waals surface area (Å²) in [6.07, 6.45) is 4.08. The summed E-state index contributed by atoms with van der Waals surface area (Å²) in [5.74, 6) is 0.428. The minimum Gasteiger partial charge on any atom is -0.272 e. The van der Waals surface area contributed by atoms with Gasteiger partial charge in [-0.05, 0) is 39.2 Å². The van der Waals surface area contributed by atoms with Crippen LogP contribution in [0.25, 0.3) is 0 Å². The summed E-state index contributed by atoms with van der Waals surface area (Å²) in [4.78, 5) is 20.9. The quantitative estimate of drug-likeness (QED) is 0.759. The summed E-state index contributed by atoms with van der Waals surface area (Å²) in [6, 6.07) is 1.89. The van der Waals surface area contributed by atoms with Crippen LogP contribution in [-0.2, 0) is 4.79 Å². The Morgan fingerprint density at radius 3 is 2.61 bits per heavy atom. The van der Waals surface area contributed by atoms with Gasteiger partial charge in [0.2, 0.25) is 0 Å². The third-order valence-electron chi connectivity index (χ3n) is 3.47. The van der Waals surface area contributed by atoms with Crippen LogP contribution in [-0.4, -0.2) is 21.6 Å². The first-order chi connectivity index (χ1) is 8.65. The number of hydrogen-bond acceptors (Lipinski definition) is 4. The van der Waals surface area contributed by atoms with Crippen molar-refractivity contribution < 1.29 is 4.79 Å². The zero-order valence-corrected chi connectivity index (χ0v) is 10.7. The summed E-state index contributed by atoms with van der Waals surface area (Å²) in [5, 5.41) is 5.81. The second-order valence-corrected chi connectivity index (χ2v) is 4.99. The number of anilines is 1. The molecule has 0 saturated heterocycles. The highest BCUT2D eigenvalue weighted by Crippen LogP contribution is 2.30. The molecule has 0 spiro atoms. The van der Waals surface area contributed by atoms with Gasteiger partial charge in [-0.3, -0.25) is 4.79 Å². The van der Waals surface area contributed by atoms with E-state index in [1.165, 1.54) is 5.01 Å². The SMILES string of the molecule is Cc1cc(C)nc(N2N=C3CCCC[C@H]3C2=O)n1. The molecule has 3 rings (SSSR count). The van der Waals surface area contributed by atoms with Crippen molar-refractivity contribution in [3.8, 4) is 0 Å². The maximum absolute atomic E-state index is 12.3. The van der Waals surface area contributed by atoms with E-state index in [9.17, 15) is 4.79 Å². The van der Waals surface area contributed by atoms with E-state index in [1.54, 1.807) is 0 Å². The molecule has 5 nitrogen and oxygen atoms in total. The monoisotopic (exact) mass is 244 g/mol. The topological polar surface area (TPSA) is 58.5 Å². The fourth-order valence-corrected chi connectivity index (χ4v) is 2.65. The van der Waals surface area contributed by atoms with E-state index in [-0.39, 0.29) is 11.8 Å². The minimum atomic E-state index is -0.0248. The van der Waals surface area contributed by atoms with Crippen LogP contribution in [0.5, 0.6) is 0 Å². The molecular formula is C13H16N4O. The Hall–Kier alpha value is -1.78. The molecule has 5 heteroatoms. The number of aromatic nitrogens is 2. The predicted octanol–water partition coefficient (Wildman–Crippen LogP) is 1.99. The zero-order valence-electron chi connectivity index (χ0n) is 10.7. The molecule has 1 fully saturated rings. The molecule has 0 aromatic carbocycles. The Balaban J connectivity index is 1.97. The van der Waals surface area contributed by atoms with Crippen LogP contribution in [0.15, 0.2) is 11.2 Å². The maximum atomic E-state index is 12.3. The number of hydrogen-bond donors (Lipinski definition) is 0. The van der Waals surface area contributed by atoms with Crippen molar-refractivity contribution in [1.29, 1.82) is 0 Å². The van der Waals surface area contributed by atoms with E-state index in [0.717, 1.165) is 42.8 Å². The second-order valence-electron chi connectivity index (χ2n) is 4.99. The molecule has 1 amide bonds. The Morgan fingerprint density at radius 2 is 1.94 bits per heavy atom. The standard InChI is InChI=1S/C13H16N4O/c1-8-7-9(2)15-13(14-8)17-12(18)10-5-3-4-6-11(10)16-17/h7,10H,3-6H2,1-2H3/t10-/m1/s1. The van der Waals surface area contributed by atoms with E-state index in [0.29, 0.717) is 5.95 Å². The third-order valence-corrected chi connectivity index (χ3v) is 3.47. The van der Waals surface area contributed by atoms with Crippen LogP contribution in [0.1, 0.15) is 37.1 Å². The molecule has 1 atom stereocenters. The van der Waals surface area contributed by atoms with E-state index in [4.69, 9.17) is 0 Å². The highest BCUT2D eigenvalue weighted by Gasteiger charge is 2.38. The summed E-state index contributed by atoms with van der Waals surface area (Å²) < 4.78 is 0. The Morgan fingerprint density at radius 1 is 1.22 bits per heavy atom. The number of carbonyl (C=O) groups is 1. The molecular weight excluding hydrogens is 228 g/mol. The van der Waals surface area contributed by atoms with Crippen molar-refractivity contribution in [2.45, 2.75) is 39.5 Å². The molecule has 18 heavy (non-hydrogen) atoms. The lowest BCUT2D eigenvalue weighted by Crippen LogP contribution is -2.30. The van der Waals surface area contributed by atoms with Crippen LogP contribution >= 0.6 is 0 Å². The fourth-order valence-electron chi connectivity index (χ4n) is 2.65. The second kappa shape index (κ2) is 4.15. The van der Waals surface area contributed by atoms with Crippen LogP contribution in [0.3, 0.4) is 0 Å². The van der Waals surface area contributed by atoms with Gasteiger partial charge in [-0.15, -0.1) is 0 Å². The Kier molecular flexibility index (Phi) is 2.61. The normalized spacial score (nSPS) is 23.0. The number of hydrazone groups is 1. The molecule has 0 bridgehead atoms. The molecule has 0 N–H and O–H groups in total. The number of carbonyl (C=O) groups excluding carboxylic acids is 1. The smallest absolute Gasteiger partial charge is 0.258 e. The maximum Gasteiger partial charge on any atom is 0.258 e. The van der Waals surface area contributed by atoms with Crippen molar-refractivity contribution >= 4 is 17.6 Å². The zero-order chi connectivity index (χ0) is 12.7. The number of amides is 1. The van der Waals surface area contributed by atoms with Crippen molar-refractivity contribution in [2.24, 2.45) is 11.0 Å². The largest absolute Gasteiger partial charge is 0.272 e. The lowest BCUT2D eigenvalue weighted by atomic mass is 9.87. The van der Waals surface area contributed by atoms with Gasteiger partial charge in [-0.1, -0.05) is 6.42 Å². The third kappa shape index (κ3) is 1.79. The molecule has 1 saturated carbocycles. The van der Waals surface area contributed by atoms with Gasteiger partial charge in [0.15, 0.2) is 0 Å². The first kappa shape index (κ1) is 11.3. The van der Waals surface area contributed by atoms with Crippen LogP contribution in [0.2, 0.25) is 0 Å². The van der Waals surface area contributed by atoms with Gasteiger partial charge in [0.1, 0.15) is 0 Å². The van der Waals surface area contributed by atoms with E-state index in [2.05, 4.69) is 15.1 Å². The minimum absolute atomic E-state index is 0.0248. The van der Waals surface area contributed by atoms with Gasteiger partial charge in [-0.2, -0.15) is 10.1 Å².